The van der Waals surface area contributed by atoms with Gasteiger partial charge >= 0.3 is 0 Å². The number of nitrogens with one attached hydrogen (secondary N) is 2. The van der Waals surface area contributed by atoms with Crippen LogP contribution in [0.25, 0.3) is 0 Å². The van der Waals surface area contributed by atoms with Crippen molar-refractivity contribution in [3.05, 3.63) is 51.0 Å². The second-order valence-electron chi connectivity index (χ2n) is 7.81. The first-order valence-electron chi connectivity index (χ1n) is 9.83. The summed E-state index contributed by atoms with van der Waals surface area (Å²) < 4.78 is 0. The molecule has 4 rings (SSSR count). The number of amides is 4. The summed E-state index contributed by atoms with van der Waals surface area (Å²) in [5.74, 6) is -0.945. The third kappa shape index (κ3) is 3.85. The molecule has 1 atom stereocenters. The van der Waals surface area contributed by atoms with Gasteiger partial charge in [0.05, 0.1) is 5.69 Å². The van der Waals surface area contributed by atoms with E-state index in [1.54, 1.807) is 6.07 Å². The number of piperidine rings is 1. The largest absolute Gasteiger partial charge is 0.346 e. The molecular weight excluding hydrogens is 404 g/mol. The molecule has 0 bridgehead atoms. The highest BCUT2D eigenvalue weighted by atomic mass is 32.1. The fourth-order valence-electron chi connectivity index (χ4n) is 3.63. The highest BCUT2D eigenvalue weighted by Crippen LogP contribution is 2.28. The van der Waals surface area contributed by atoms with E-state index in [1.165, 1.54) is 16.2 Å². The maximum atomic E-state index is 12.9. The van der Waals surface area contributed by atoms with Crippen molar-refractivity contribution < 1.29 is 19.2 Å². The van der Waals surface area contributed by atoms with E-state index in [2.05, 4.69) is 15.6 Å². The van der Waals surface area contributed by atoms with E-state index < -0.39 is 11.9 Å². The minimum absolute atomic E-state index is 0.225. The van der Waals surface area contributed by atoms with E-state index in [0.29, 0.717) is 23.5 Å². The molecule has 2 aromatic rings. The highest BCUT2D eigenvalue weighted by molar-refractivity contribution is 7.11. The number of carbonyl (C=O) groups is 4. The van der Waals surface area contributed by atoms with Gasteiger partial charge in [-0.3, -0.25) is 24.5 Å². The van der Waals surface area contributed by atoms with Crippen LogP contribution in [0, 0.1) is 0 Å². The Hall–Kier alpha value is -3.07. The summed E-state index contributed by atoms with van der Waals surface area (Å²) in [6, 6.07) is 4.83. The van der Waals surface area contributed by atoms with Crippen molar-refractivity contribution in [2.45, 2.75) is 51.7 Å². The van der Waals surface area contributed by atoms with Crippen LogP contribution in [-0.2, 0) is 22.7 Å². The topological polar surface area (TPSA) is 108 Å². The fourth-order valence-corrected chi connectivity index (χ4v) is 4.52. The molecule has 1 aromatic heterocycles. The number of benzene rings is 1. The van der Waals surface area contributed by atoms with Crippen LogP contribution in [-0.4, -0.2) is 39.6 Å². The van der Waals surface area contributed by atoms with Crippen molar-refractivity contribution >= 4 is 35.0 Å². The second-order valence-corrected chi connectivity index (χ2v) is 8.66. The van der Waals surface area contributed by atoms with Crippen molar-refractivity contribution in [3.63, 3.8) is 0 Å². The molecular formula is C21H22N4O4S. The van der Waals surface area contributed by atoms with Crippen LogP contribution in [0.1, 0.15) is 69.6 Å². The SMILES string of the molecule is CC(C)c1csc(C(=O)NCc2ccc3c(c2)C(=O)N(C2CCC(=O)NC2=O)C3)n1. The number of hydrogen-bond donors (Lipinski definition) is 2. The van der Waals surface area contributed by atoms with E-state index in [0.717, 1.165) is 16.8 Å². The standard InChI is InChI=1S/C21H22N4O4S/c1-11(2)15-10-30-20(23-15)19(28)22-8-12-3-4-13-9-25(21(29)14(13)7-12)16-5-6-17(26)24-18(16)27/h3-4,7,10-11,16H,5-6,8-9H2,1-2H3,(H,22,28)(H,24,26,27). The lowest BCUT2D eigenvalue weighted by molar-refractivity contribution is -0.136. The van der Waals surface area contributed by atoms with Crippen molar-refractivity contribution in [2.24, 2.45) is 0 Å². The lowest BCUT2D eigenvalue weighted by Gasteiger charge is -2.29. The molecule has 156 valence electrons. The molecule has 30 heavy (non-hydrogen) atoms. The number of fused-ring (bicyclic) bond motifs is 1. The van der Waals surface area contributed by atoms with Gasteiger partial charge in [-0.1, -0.05) is 26.0 Å². The Bertz CT molecular complexity index is 1050. The number of aromatic nitrogens is 1. The smallest absolute Gasteiger partial charge is 0.280 e. The van der Waals surface area contributed by atoms with Gasteiger partial charge in [-0.2, -0.15) is 0 Å². The normalized spacial score (nSPS) is 18.6. The molecule has 1 unspecified atom stereocenters. The minimum atomic E-state index is -0.634. The lowest BCUT2D eigenvalue weighted by Crippen LogP contribution is -2.52. The Labute approximate surface area is 177 Å². The summed E-state index contributed by atoms with van der Waals surface area (Å²) in [5, 5.41) is 7.44. The Morgan fingerprint density at radius 2 is 2.13 bits per heavy atom. The molecule has 0 radical (unpaired) electrons. The maximum Gasteiger partial charge on any atom is 0.280 e. The average Bonchev–Trinajstić information content (AvgIpc) is 3.32. The Balaban J connectivity index is 1.42. The molecule has 2 aliphatic rings. The Morgan fingerprint density at radius 1 is 1.33 bits per heavy atom. The van der Waals surface area contributed by atoms with Crippen molar-refractivity contribution in [3.8, 4) is 0 Å². The molecule has 0 aliphatic carbocycles. The number of thiazole rings is 1. The Morgan fingerprint density at radius 3 is 2.83 bits per heavy atom. The van der Waals surface area contributed by atoms with Crippen molar-refractivity contribution in [2.75, 3.05) is 0 Å². The van der Waals surface area contributed by atoms with Crippen LogP contribution < -0.4 is 10.6 Å². The molecule has 1 fully saturated rings. The zero-order valence-electron chi connectivity index (χ0n) is 16.7. The second kappa shape index (κ2) is 7.98. The molecule has 9 heteroatoms. The van der Waals surface area contributed by atoms with E-state index in [9.17, 15) is 19.2 Å². The molecule has 2 aliphatic heterocycles. The molecule has 0 spiro atoms. The highest BCUT2D eigenvalue weighted by Gasteiger charge is 2.39. The molecule has 1 aromatic carbocycles. The molecule has 2 N–H and O–H groups in total. The van der Waals surface area contributed by atoms with E-state index >= 15 is 0 Å². The first kappa shape index (κ1) is 20.2. The number of rotatable bonds is 5. The third-order valence-corrected chi connectivity index (χ3v) is 6.21. The van der Waals surface area contributed by atoms with Gasteiger partial charge < -0.3 is 10.2 Å². The van der Waals surface area contributed by atoms with E-state index in [1.807, 2.05) is 31.4 Å². The fraction of sp³-hybridized carbons (Fsp3) is 0.381. The maximum absolute atomic E-state index is 12.9. The van der Waals surface area contributed by atoms with Crippen LogP contribution in [0.5, 0.6) is 0 Å². The number of nitrogens with zero attached hydrogens (tertiary/aromatic N) is 2. The van der Waals surface area contributed by atoms with Crippen molar-refractivity contribution in [1.29, 1.82) is 0 Å². The number of hydrogen-bond acceptors (Lipinski definition) is 6. The number of carbonyl (C=O) groups excluding carboxylic acids is 4. The quantitative estimate of drug-likeness (QED) is 0.711. The van der Waals surface area contributed by atoms with Gasteiger partial charge in [-0.15, -0.1) is 11.3 Å². The van der Waals surface area contributed by atoms with Crippen LogP contribution in [0.15, 0.2) is 23.6 Å². The molecule has 0 saturated carbocycles. The van der Waals surface area contributed by atoms with Crippen LogP contribution >= 0.6 is 11.3 Å². The van der Waals surface area contributed by atoms with Crippen LogP contribution in [0.3, 0.4) is 0 Å². The van der Waals surface area contributed by atoms with Crippen molar-refractivity contribution in [1.82, 2.24) is 20.5 Å². The minimum Gasteiger partial charge on any atom is -0.346 e. The molecule has 3 heterocycles. The molecule has 4 amide bonds. The summed E-state index contributed by atoms with van der Waals surface area (Å²) in [6.07, 6.45) is 0.558. The van der Waals surface area contributed by atoms with Crippen LogP contribution in [0.4, 0.5) is 0 Å². The predicted octanol–water partition coefficient (Wildman–Crippen LogP) is 1.96. The van der Waals surface area contributed by atoms with E-state index in [-0.39, 0.29) is 36.6 Å². The van der Waals surface area contributed by atoms with Crippen LogP contribution in [0.2, 0.25) is 0 Å². The van der Waals surface area contributed by atoms with Gasteiger partial charge in [0.1, 0.15) is 6.04 Å². The average molecular weight is 426 g/mol. The summed E-state index contributed by atoms with van der Waals surface area (Å²) >= 11 is 1.31. The Kier molecular flexibility index (Phi) is 5.38. The van der Waals surface area contributed by atoms with Gasteiger partial charge in [0.2, 0.25) is 11.8 Å². The zero-order chi connectivity index (χ0) is 21.4. The predicted molar refractivity (Wildman–Crippen MR) is 110 cm³/mol. The van der Waals surface area contributed by atoms with Gasteiger partial charge in [0, 0.05) is 30.5 Å². The summed E-state index contributed by atoms with van der Waals surface area (Å²) in [4.78, 5) is 54.6. The molecule has 8 nitrogen and oxygen atoms in total. The molecule has 1 saturated heterocycles. The zero-order valence-corrected chi connectivity index (χ0v) is 17.5. The van der Waals surface area contributed by atoms with E-state index in [4.69, 9.17) is 0 Å². The van der Waals surface area contributed by atoms with Gasteiger partial charge in [0.25, 0.3) is 11.8 Å². The van der Waals surface area contributed by atoms with Gasteiger partial charge in [-0.25, -0.2) is 4.98 Å². The van der Waals surface area contributed by atoms with Gasteiger partial charge in [0.15, 0.2) is 5.01 Å². The monoisotopic (exact) mass is 426 g/mol. The summed E-state index contributed by atoms with van der Waals surface area (Å²) in [5.41, 5.74) is 3.05. The summed E-state index contributed by atoms with van der Waals surface area (Å²) in [7, 11) is 0. The number of imide groups is 1. The van der Waals surface area contributed by atoms with Gasteiger partial charge in [-0.05, 0) is 29.5 Å². The third-order valence-electron chi connectivity index (χ3n) is 5.35. The lowest BCUT2D eigenvalue weighted by atomic mass is 10.0. The first-order valence-corrected chi connectivity index (χ1v) is 10.7. The summed E-state index contributed by atoms with van der Waals surface area (Å²) in [6.45, 7) is 4.66. The first-order chi connectivity index (χ1) is 14.3.